The molecule has 0 spiro atoms. The highest BCUT2D eigenvalue weighted by Crippen LogP contribution is 2.31. The van der Waals surface area contributed by atoms with E-state index < -0.39 is 11.4 Å². The summed E-state index contributed by atoms with van der Waals surface area (Å²) in [4.78, 5) is 2.29. The summed E-state index contributed by atoms with van der Waals surface area (Å²) in [7, 11) is 0. The molecule has 3 rings (SSSR count). The highest BCUT2D eigenvalue weighted by molar-refractivity contribution is 5.31. The molecule has 1 aromatic rings. The van der Waals surface area contributed by atoms with Gasteiger partial charge in [-0.05, 0) is 56.0 Å². The number of phenols is 1. The lowest BCUT2D eigenvalue weighted by Crippen LogP contribution is -2.47. The van der Waals surface area contributed by atoms with Gasteiger partial charge < -0.3 is 15.5 Å². The molecule has 2 unspecified atom stereocenters. The van der Waals surface area contributed by atoms with Crippen molar-refractivity contribution in [2.75, 3.05) is 32.7 Å². The van der Waals surface area contributed by atoms with Gasteiger partial charge in [-0.3, -0.25) is 4.90 Å². The molecule has 0 amide bonds. The SMILES string of the molecule is Oc1cc(C2CCCN(CC3(O)CCNC3)C2)ccc1F. The number of likely N-dealkylation sites (tertiary alicyclic amines) is 1. The van der Waals surface area contributed by atoms with E-state index in [0.29, 0.717) is 19.0 Å². The number of rotatable bonds is 3. The Morgan fingerprint density at radius 3 is 3.00 bits per heavy atom. The molecule has 2 aliphatic rings. The maximum absolute atomic E-state index is 13.2. The molecule has 2 atom stereocenters. The second-order valence-electron chi connectivity index (χ2n) is 6.44. The van der Waals surface area contributed by atoms with Crippen LogP contribution in [0.3, 0.4) is 0 Å². The minimum absolute atomic E-state index is 0.275. The molecule has 116 valence electrons. The van der Waals surface area contributed by atoms with Gasteiger partial charge in [0, 0.05) is 19.6 Å². The van der Waals surface area contributed by atoms with Crippen LogP contribution in [0.1, 0.15) is 30.7 Å². The summed E-state index contributed by atoms with van der Waals surface area (Å²) < 4.78 is 13.2. The van der Waals surface area contributed by atoms with Crippen LogP contribution in [-0.2, 0) is 0 Å². The van der Waals surface area contributed by atoms with Crippen LogP contribution in [-0.4, -0.2) is 53.4 Å². The van der Waals surface area contributed by atoms with E-state index in [4.69, 9.17) is 0 Å². The molecule has 1 aromatic carbocycles. The van der Waals surface area contributed by atoms with E-state index in [1.54, 1.807) is 6.07 Å². The molecule has 0 aromatic heterocycles. The van der Waals surface area contributed by atoms with Crippen molar-refractivity contribution in [1.82, 2.24) is 10.2 Å². The number of β-amino-alcohol motifs (C(OH)–C–C–N with tert-alkyl or cyclic N) is 1. The first-order chi connectivity index (χ1) is 10.1. The van der Waals surface area contributed by atoms with Crippen LogP contribution in [0.25, 0.3) is 0 Å². The largest absolute Gasteiger partial charge is 0.505 e. The Hall–Kier alpha value is -1.17. The van der Waals surface area contributed by atoms with Crippen molar-refractivity contribution in [2.24, 2.45) is 0 Å². The third kappa shape index (κ3) is 3.36. The Morgan fingerprint density at radius 2 is 2.29 bits per heavy atom. The monoisotopic (exact) mass is 294 g/mol. The maximum Gasteiger partial charge on any atom is 0.164 e. The van der Waals surface area contributed by atoms with E-state index in [-0.39, 0.29) is 5.75 Å². The molecule has 0 aliphatic carbocycles. The number of benzene rings is 1. The zero-order valence-electron chi connectivity index (χ0n) is 12.2. The molecule has 0 bridgehead atoms. The number of hydrogen-bond acceptors (Lipinski definition) is 4. The van der Waals surface area contributed by atoms with Crippen molar-refractivity contribution in [3.05, 3.63) is 29.6 Å². The molecule has 21 heavy (non-hydrogen) atoms. The molecule has 4 nitrogen and oxygen atoms in total. The van der Waals surface area contributed by atoms with Gasteiger partial charge in [0.1, 0.15) is 0 Å². The second kappa shape index (κ2) is 5.91. The van der Waals surface area contributed by atoms with Crippen molar-refractivity contribution in [3.8, 4) is 5.75 Å². The molecule has 0 saturated carbocycles. The van der Waals surface area contributed by atoms with Crippen molar-refractivity contribution < 1.29 is 14.6 Å². The predicted octanol–water partition coefficient (Wildman–Crippen LogP) is 1.44. The van der Waals surface area contributed by atoms with E-state index in [9.17, 15) is 14.6 Å². The first kappa shape index (κ1) is 14.8. The third-order valence-electron chi connectivity index (χ3n) is 4.69. The van der Waals surface area contributed by atoms with Crippen LogP contribution < -0.4 is 5.32 Å². The second-order valence-corrected chi connectivity index (χ2v) is 6.44. The number of hydrogen-bond donors (Lipinski definition) is 3. The number of aromatic hydroxyl groups is 1. The summed E-state index contributed by atoms with van der Waals surface area (Å²) in [5.74, 6) is -0.552. The van der Waals surface area contributed by atoms with Gasteiger partial charge in [0.25, 0.3) is 0 Å². The van der Waals surface area contributed by atoms with Gasteiger partial charge in [0.15, 0.2) is 11.6 Å². The van der Waals surface area contributed by atoms with Gasteiger partial charge in [0.2, 0.25) is 0 Å². The summed E-state index contributed by atoms with van der Waals surface area (Å²) in [6, 6.07) is 4.63. The fraction of sp³-hybridized carbons (Fsp3) is 0.625. The average Bonchev–Trinajstić information content (AvgIpc) is 2.88. The van der Waals surface area contributed by atoms with Gasteiger partial charge in [-0.15, -0.1) is 0 Å². The quantitative estimate of drug-likeness (QED) is 0.789. The van der Waals surface area contributed by atoms with Crippen LogP contribution >= 0.6 is 0 Å². The van der Waals surface area contributed by atoms with E-state index in [1.807, 2.05) is 0 Å². The topological polar surface area (TPSA) is 55.7 Å². The lowest BCUT2D eigenvalue weighted by Gasteiger charge is -2.37. The van der Waals surface area contributed by atoms with Gasteiger partial charge in [-0.25, -0.2) is 4.39 Å². The van der Waals surface area contributed by atoms with E-state index in [1.165, 1.54) is 12.1 Å². The van der Waals surface area contributed by atoms with Gasteiger partial charge in [0.05, 0.1) is 5.60 Å². The number of nitrogens with zero attached hydrogens (tertiary/aromatic N) is 1. The van der Waals surface area contributed by atoms with Gasteiger partial charge >= 0.3 is 0 Å². The molecule has 2 aliphatic heterocycles. The molecule has 0 radical (unpaired) electrons. The number of piperidine rings is 1. The van der Waals surface area contributed by atoms with Crippen LogP contribution in [0.2, 0.25) is 0 Å². The first-order valence-corrected chi connectivity index (χ1v) is 7.70. The number of halogens is 1. The van der Waals surface area contributed by atoms with E-state index in [2.05, 4.69) is 10.2 Å². The first-order valence-electron chi connectivity index (χ1n) is 7.70. The third-order valence-corrected chi connectivity index (χ3v) is 4.69. The van der Waals surface area contributed by atoms with Crippen molar-refractivity contribution in [1.29, 1.82) is 0 Å². The molecular weight excluding hydrogens is 271 g/mol. The Balaban J connectivity index is 1.66. The Bertz CT molecular complexity index is 503. The zero-order chi connectivity index (χ0) is 14.9. The summed E-state index contributed by atoms with van der Waals surface area (Å²) in [5.41, 5.74) is 0.363. The van der Waals surface area contributed by atoms with E-state index >= 15 is 0 Å². The van der Waals surface area contributed by atoms with Gasteiger partial charge in [-0.1, -0.05) is 6.07 Å². The summed E-state index contributed by atoms with van der Waals surface area (Å²) in [6.45, 7) is 4.06. The van der Waals surface area contributed by atoms with Crippen LogP contribution in [0.4, 0.5) is 4.39 Å². The van der Waals surface area contributed by atoms with Gasteiger partial charge in [-0.2, -0.15) is 0 Å². The maximum atomic E-state index is 13.2. The normalized spacial score (nSPS) is 30.7. The smallest absolute Gasteiger partial charge is 0.164 e. The fourth-order valence-electron chi connectivity index (χ4n) is 3.54. The van der Waals surface area contributed by atoms with Crippen molar-refractivity contribution in [3.63, 3.8) is 0 Å². The Morgan fingerprint density at radius 1 is 1.43 bits per heavy atom. The Kier molecular flexibility index (Phi) is 4.15. The lowest BCUT2D eigenvalue weighted by atomic mass is 9.89. The zero-order valence-corrected chi connectivity index (χ0v) is 12.2. The Labute approximate surface area is 124 Å². The van der Waals surface area contributed by atoms with Crippen LogP contribution in [0.5, 0.6) is 5.75 Å². The number of nitrogens with one attached hydrogen (secondary N) is 1. The van der Waals surface area contributed by atoms with Crippen molar-refractivity contribution in [2.45, 2.75) is 30.8 Å². The number of phenolic OH excluding ortho intramolecular Hbond substituents is 1. The molecule has 2 heterocycles. The van der Waals surface area contributed by atoms with Crippen LogP contribution in [0.15, 0.2) is 18.2 Å². The highest BCUT2D eigenvalue weighted by atomic mass is 19.1. The molecule has 3 N–H and O–H groups in total. The molecule has 2 fully saturated rings. The fourth-order valence-corrected chi connectivity index (χ4v) is 3.54. The minimum atomic E-state index is -0.618. The molecule has 5 heteroatoms. The lowest BCUT2D eigenvalue weighted by molar-refractivity contribution is 0.0129. The summed E-state index contributed by atoms with van der Waals surface area (Å²) in [5, 5.41) is 23.2. The number of aliphatic hydroxyl groups is 1. The average molecular weight is 294 g/mol. The van der Waals surface area contributed by atoms with Crippen molar-refractivity contribution >= 4 is 0 Å². The summed E-state index contributed by atoms with van der Waals surface area (Å²) in [6.07, 6.45) is 2.90. The minimum Gasteiger partial charge on any atom is -0.505 e. The van der Waals surface area contributed by atoms with Crippen LogP contribution in [0, 0.1) is 5.82 Å². The van der Waals surface area contributed by atoms with E-state index in [0.717, 1.165) is 44.5 Å². The standard InChI is InChI=1S/C16H23FN2O2/c17-14-4-3-12(8-15(14)20)13-2-1-7-19(9-13)11-16(21)5-6-18-10-16/h3-4,8,13,18,20-21H,1-2,5-7,9-11H2. The highest BCUT2D eigenvalue weighted by Gasteiger charge is 2.34. The molecule has 2 saturated heterocycles. The molecular formula is C16H23FN2O2. The summed E-state index contributed by atoms with van der Waals surface area (Å²) >= 11 is 0. The predicted molar refractivity (Wildman–Crippen MR) is 78.9 cm³/mol.